The highest BCUT2D eigenvalue weighted by atomic mass is 16.5. The molecule has 0 aromatic carbocycles. The summed E-state index contributed by atoms with van der Waals surface area (Å²) in [5.74, 6) is -0.834. The largest absolute Gasteiger partial charge is 0.468 e. The molecule has 1 fully saturated rings. The second-order valence-corrected chi connectivity index (χ2v) is 5.57. The van der Waals surface area contributed by atoms with E-state index in [0.717, 1.165) is 17.4 Å². The van der Waals surface area contributed by atoms with Crippen LogP contribution in [0.3, 0.4) is 0 Å². The number of carbonyl (C=O) groups is 3. The van der Waals surface area contributed by atoms with Crippen molar-refractivity contribution in [3.05, 3.63) is 28.7 Å². The van der Waals surface area contributed by atoms with Gasteiger partial charge in [0.05, 0.1) is 7.11 Å². The van der Waals surface area contributed by atoms with Gasteiger partial charge in [0.1, 0.15) is 12.2 Å². The van der Waals surface area contributed by atoms with Gasteiger partial charge in [0, 0.05) is 32.1 Å². The van der Waals surface area contributed by atoms with Crippen molar-refractivity contribution < 1.29 is 19.1 Å². The van der Waals surface area contributed by atoms with Crippen molar-refractivity contribution in [1.29, 1.82) is 0 Å². The minimum Gasteiger partial charge on any atom is -0.468 e. The number of piperidine rings is 1. The van der Waals surface area contributed by atoms with Crippen LogP contribution in [0.15, 0.2) is 23.1 Å². The molecule has 2 heterocycles. The van der Waals surface area contributed by atoms with Crippen molar-refractivity contribution in [2.24, 2.45) is 0 Å². The fraction of sp³-hybridized carbons (Fsp3) is 0.500. The van der Waals surface area contributed by atoms with Crippen molar-refractivity contribution in [3.8, 4) is 0 Å². The van der Waals surface area contributed by atoms with Gasteiger partial charge in [-0.2, -0.15) is 0 Å². The highest BCUT2D eigenvalue weighted by Crippen LogP contribution is 2.11. The molecule has 2 amide bonds. The summed E-state index contributed by atoms with van der Waals surface area (Å²) in [7, 11) is 1.24. The molecule has 8 heteroatoms. The lowest BCUT2D eigenvalue weighted by Gasteiger charge is -2.26. The Bertz CT molecular complexity index is 683. The number of rotatable bonds is 6. The van der Waals surface area contributed by atoms with Crippen LogP contribution in [0.4, 0.5) is 5.69 Å². The summed E-state index contributed by atoms with van der Waals surface area (Å²) >= 11 is 0. The summed E-state index contributed by atoms with van der Waals surface area (Å²) in [5.41, 5.74) is -0.387. The Labute approximate surface area is 139 Å². The molecular formula is C16H21N3O5. The summed E-state index contributed by atoms with van der Waals surface area (Å²) in [4.78, 5) is 48.8. The molecule has 0 atom stereocenters. The molecule has 0 aliphatic carbocycles. The number of hydrogen-bond donors (Lipinski definition) is 1. The molecule has 1 N–H and O–H groups in total. The van der Waals surface area contributed by atoms with Crippen LogP contribution in [0.5, 0.6) is 0 Å². The third kappa shape index (κ3) is 4.68. The lowest BCUT2D eigenvalue weighted by atomic mass is 10.1. The first-order valence-corrected chi connectivity index (χ1v) is 7.85. The van der Waals surface area contributed by atoms with E-state index in [9.17, 15) is 19.2 Å². The second kappa shape index (κ2) is 8.28. The molecule has 1 aliphatic heterocycles. The van der Waals surface area contributed by atoms with Crippen LogP contribution in [-0.4, -0.2) is 47.4 Å². The second-order valence-electron chi connectivity index (χ2n) is 5.57. The molecule has 2 rings (SSSR count). The number of nitrogens with one attached hydrogen (secondary N) is 1. The molecule has 1 saturated heterocycles. The average molecular weight is 335 g/mol. The number of pyridine rings is 1. The maximum Gasteiger partial charge on any atom is 0.325 e. The quantitative estimate of drug-likeness (QED) is 0.757. The first-order valence-electron chi connectivity index (χ1n) is 7.85. The van der Waals surface area contributed by atoms with E-state index in [1.807, 2.05) is 0 Å². The van der Waals surface area contributed by atoms with Crippen LogP contribution in [0.25, 0.3) is 0 Å². The molecule has 0 bridgehead atoms. The number of methoxy groups -OCH3 is 1. The van der Waals surface area contributed by atoms with E-state index in [2.05, 4.69) is 10.1 Å². The predicted octanol–water partition coefficient (Wildman–Crippen LogP) is 0.362. The number of anilines is 1. The Morgan fingerprint density at radius 2 is 2.08 bits per heavy atom. The maximum atomic E-state index is 12.2. The highest BCUT2D eigenvalue weighted by molar-refractivity contribution is 5.91. The number of amides is 2. The first-order chi connectivity index (χ1) is 11.5. The highest BCUT2D eigenvalue weighted by Gasteiger charge is 2.19. The van der Waals surface area contributed by atoms with Crippen LogP contribution in [0.1, 0.15) is 25.7 Å². The number of nitrogens with zero attached hydrogens (tertiary/aromatic N) is 2. The summed E-state index contributed by atoms with van der Waals surface area (Å²) < 4.78 is 5.68. The fourth-order valence-corrected chi connectivity index (χ4v) is 2.51. The van der Waals surface area contributed by atoms with Gasteiger partial charge >= 0.3 is 5.97 Å². The van der Waals surface area contributed by atoms with E-state index in [4.69, 9.17) is 0 Å². The number of esters is 1. The van der Waals surface area contributed by atoms with Gasteiger partial charge in [-0.25, -0.2) is 0 Å². The normalized spacial score (nSPS) is 14.4. The van der Waals surface area contributed by atoms with Gasteiger partial charge < -0.3 is 19.5 Å². The lowest BCUT2D eigenvalue weighted by molar-refractivity contribution is -0.141. The maximum absolute atomic E-state index is 12.2. The van der Waals surface area contributed by atoms with Crippen LogP contribution in [-0.2, 0) is 25.7 Å². The van der Waals surface area contributed by atoms with Gasteiger partial charge in [0.2, 0.25) is 11.8 Å². The third-order valence-electron chi connectivity index (χ3n) is 3.85. The zero-order valence-electron chi connectivity index (χ0n) is 13.6. The van der Waals surface area contributed by atoms with Crippen molar-refractivity contribution in [1.82, 2.24) is 9.47 Å². The van der Waals surface area contributed by atoms with Crippen LogP contribution < -0.4 is 10.9 Å². The van der Waals surface area contributed by atoms with E-state index in [1.54, 1.807) is 11.0 Å². The lowest BCUT2D eigenvalue weighted by Crippen LogP contribution is -2.37. The van der Waals surface area contributed by atoms with E-state index < -0.39 is 11.5 Å². The average Bonchev–Trinajstić information content (AvgIpc) is 2.57. The van der Waals surface area contributed by atoms with E-state index >= 15 is 0 Å². The van der Waals surface area contributed by atoms with Gasteiger partial charge in [0.15, 0.2) is 0 Å². The van der Waals surface area contributed by atoms with Gasteiger partial charge in [-0.05, 0) is 25.0 Å². The Morgan fingerprint density at radius 3 is 2.79 bits per heavy atom. The van der Waals surface area contributed by atoms with Crippen molar-refractivity contribution in [2.45, 2.75) is 32.2 Å². The molecular weight excluding hydrogens is 314 g/mol. The molecule has 0 unspecified atom stereocenters. The van der Waals surface area contributed by atoms with Crippen LogP contribution >= 0.6 is 0 Å². The molecule has 24 heavy (non-hydrogen) atoms. The number of hydrogen-bond acceptors (Lipinski definition) is 5. The molecule has 1 aromatic heterocycles. The minimum atomic E-state index is -0.552. The summed E-state index contributed by atoms with van der Waals surface area (Å²) in [5, 5.41) is 2.53. The Kier molecular flexibility index (Phi) is 6.11. The van der Waals surface area contributed by atoms with Crippen LogP contribution in [0.2, 0.25) is 0 Å². The first kappa shape index (κ1) is 17.7. The zero-order chi connectivity index (χ0) is 17.5. The molecule has 130 valence electrons. The van der Waals surface area contributed by atoms with Crippen molar-refractivity contribution in [2.75, 3.05) is 25.5 Å². The van der Waals surface area contributed by atoms with Crippen molar-refractivity contribution >= 4 is 23.5 Å². The Balaban J connectivity index is 1.94. The molecule has 0 saturated carbocycles. The fourth-order valence-electron chi connectivity index (χ4n) is 2.51. The molecule has 0 radical (unpaired) electrons. The summed E-state index contributed by atoms with van der Waals surface area (Å²) in [6.07, 6.45) is 3.94. The number of likely N-dealkylation sites (tertiary alicyclic amines) is 1. The number of ether oxygens (including phenoxy) is 1. The minimum absolute atomic E-state index is 0.0641. The van der Waals surface area contributed by atoms with Gasteiger partial charge in [-0.15, -0.1) is 0 Å². The van der Waals surface area contributed by atoms with Gasteiger partial charge in [-0.1, -0.05) is 0 Å². The van der Waals surface area contributed by atoms with Crippen molar-refractivity contribution in [3.63, 3.8) is 0 Å². The van der Waals surface area contributed by atoms with Gasteiger partial charge in [-0.3, -0.25) is 19.2 Å². The zero-order valence-corrected chi connectivity index (χ0v) is 13.6. The molecule has 1 aliphatic rings. The molecule has 8 nitrogen and oxygen atoms in total. The SMILES string of the molecule is COC(=O)Cn1cccc(NC(=O)CCN2CCCCC2=O)c1=O. The number of aromatic nitrogens is 1. The number of carbonyl (C=O) groups excluding carboxylic acids is 3. The summed E-state index contributed by atoms with van der Waals surface area (Å²) in [6.45, 7) is 0.790. The molecule has 1 aromatic rings. The third-order valence-corrected chi connectivity index (χ3v) is 3.85. The Hall–Kier alpha value is -2.64. The smallest absolute Gasteiger partial charge is 0.325 e. The predicted molar refractivity (Wildman–Crippen MR) is 86.4 cm³/mol. The van der Waals surface area contributed by atoms with E-state index in [-0.39, 0.29) is 30.5 Å². The Morgan fingerprint density at radius 1 is 1.29 bits per heavy atom. The van der Waals surface area contributed by atoms with E-state index in [0.29, 0.717) is 19.5 Å². The van der Waals surface area contributed by atoms with E-state index in [1.165, 1.54) is 19.4 Å². The topological polar surface area (TPSA) is 97.7 Å². The summed E-state index contributed by atoms with van der Waals surface area (Å²) in [6, 6.07) is 3.04. The standard InChI is InChI=1S/C16H21N3O5/c1-24-15(22)11-19-9-4-5-12(16(19)23)17-13(20)7-10-18-8-3-2-6-14(18)21/h4-5,9H,2-3,6-8,10-11H2,1H3,(H,17,20). The molecule has 0 spiro atoms. The monoisotopic (exact) mass is 335 g/mol. The van der Waals surface area contributed by atoms with Crippen LogP contribution in [0, 0.1) is 0 Å². The van der Waals surface area contributed by atoms with Gasteiger partial charge in [0.25, 0.3) is 5.56 Å².